The van der Waals surface area contributed by atoms with Crippen LogP contribution in [-0.2, 0) is 13.6 Å². The third-order valence-electron chi connectivity index (χ3n) is 2.97. The summed E-state index contributed by atoms with van der Waals surface area (Å²) < 4.78 is 6.91. The van der Waals surface area contributed by atoms with E-state index in [1.54, 1.807) is 36.0 Å². The van der Waals surface area contributed by atoms with Crippen LogP contribution in [0.2, 0.25) is 10.0 Å². The van der Waals surface area contributed by atoms with E-state index < -0.39 is 0 Å². The molecular formula is C13H11Cl2N5O. The lowest BCUT2D eigenvalue weighted by atomic mass is 10.2. The average Bonchev–Trinajstić information content (AvgIpc) is 3.05. The molecule has 0 saturated carbocycles. The van der Waals surface area contributed by atoms with E-state index in [9.17, 15) is 0 Å². The van der Waals surface area contributed by atoms with Gasteiger partial charge in [-0.05, 0) is 18.2 Å². The highest BCUT2D eigenvalue weighted by atomic mass is 35.5. The first-order chi connectivity index (χ1) is 10.1. The van der Waals surface area contributed by atoms with Crippen molar-refractivity contribution in [2.45, 2.75) is 6.54 Å². The first-order valence-electron chi connectivity index (χ1n) is 6.11. The molecule has 0 fully saturated rings. The summed E-state index contributed by atoms with van der Waals surface area (Å²) >= 11 is 12.3. The minimum atomic E-state index is 0.329. The van der Waals surface area contributed by atoms with Crippen LogP contribution >= 0.6 is 23.2 Å². The summed E-state index contributed by atoms with van der Waals surface area (Å²) in [5, 5.41) is 9.09. The number of aryl methyl sites for hydroxylation is 1. The fourth-order valence-electron chi connectivity index (χ4n) is 1.97. The summed E-state index contributed by atoms with van der Waals surface area (Å²) in [5.74, 6) is 0.659. The van der Waals surface area contributed by atoms with Crippen molar-refractivity contribution >= 4 is 23.2 Å². The maximum atomic E-state index is 6.14. The van der Waals surface area contributed by atoms with E-state index in [1.807, 2.05) is 0 Å². The van der Waals surface area contributed by atoms with Crippen molar-refractivity contribution in [1.29, 1.82) is 0 Å². The highest BCUT2D eigenvalue weighted by Crippen LogP contribution is 2.33. The Morgan fingerprint density at radius 2 is 2.00 bits per heavy atom. The van der Waals surface area contributed by atoms with Gasteiger partial charge >= 0.3 is 0 Å². The van der Waals surface area contributed by atoms with Crippen molar-refractivity contribution < 1.29 is 4.52 Å². The Balaban J connectivity index is 2.06. The fourth-order valence-corrected chi connectivity index (χ4v) is 2.53. The van der Waals surface area contributed by atoms with E-state index in [2.05, 4.69) is 15.2 Å². The highest BCUT2D eigenvalue weighted by Gasteiger charge is 2.18. The number of hydrogen-bond acceptors (Lipinski definition) is 5. The lowest BCUT2D eigenvalue weighted by molar-refractivity contribution is 0.428. The van der Waals surface area contributed by atoms with Crippen LogP contribution in [0.1, 0.15) is 5.69 Å². The molecule has 21 heavy (non-hydrogen) atoms. The molecule has 0 saturated heterocycles. The molecule has 8 heteroatoms. The molecule has 3 rings (SSSR count). The molecule has 6 nitrogen and oxygen atoms in total. The summed E-state index contributed by atoms with van der Waals surface area (Å²) in [6, 6.07) is 6.99. The van der Waals surface area contributed by atoms with E-state index in [0.29, 0.717) is 39.6 Å². The van der Waals surface area contributed by atoms with Gasteiger partial charge in [0.05, 0.1) is 21.3 Å². The van der Waals surface area contributed by atoms with Gasteiger partial charge in [0.25, 0.3) is 5.89 Å². The second-order valence-electron chi connectivity index (χ2n) is 4.37. The first-order valence-corrected chi connectivity index (χ1v) is 6.87. The van der Waals surface area contributed by atoms with Gasteiger partial charge in [0.1, 0.15) is 5.69 Å². The maximum Gasteiger partial charge on any atom is 0.276 e. The molecule has 2 N–H and O–H groups in total. The summed E-state index contributed by atoms with van der Waals surface area (Å²) in [6.45, 7) is 0.338. The lowest BCUT2D eigenvalue weighted by Crippen LogP contribution is -1.98. The van der Waals surface area contributed by atoms with Crippen molar-refractivity contribution in [2.24, 2.45) is 12.8 Å². The Labute approximate surface area is 130 Å². The van der Waals surface area contributed by atoms with Gasteiger partial charge in [-0.1, -0.05) is 34.4 Å². The topological polar surface area (TPSA) is 82.8 Å². The Kier molecular flexibility index (Phi) is 3.67. The Hall–Kier alpha value is -1.89. The summed E-state index contributed by atoms with van der Waals surface area (Å²) in [4.78, 5) is 4.33. The van der Waals surface area contributed by atoms with Crippen molar-refractivity contribution in [2.75, 3.05) is 0 Å². The average molecular weight is 324 g/mol. The number of nitrogens with zero attached hydrogens (tertiary/aromatic N) is 4. The van der Waals surface area contributed by atoms with E-state index in [0.717, 1.165) is 5.69 Å². The second-order valence-corrected chi connectivity index (χ2v) is 5.18. The van der Waals surface area contributed by atoms with Crippen LogP contribution in [0, 0.1) is 0 Å². The standard InChI is InChI=1S/C13H11Cl2N5O/c1-20-10(5-7(6-16)18-20)13-17-12(19-21-13)11-8(14)3-2-4-9(11)15/h2-5H,6,16H2,1H3. The molecule has 0 aliphatic rings. The van der Waals surface area contributed by atoms with Crippen LogP contribution in [0.25, 0.3) is 23.0 Å². The zero-order valence-corrected chi connectivity index (χ0v) is 12.6. The number of benzene rings is 1. The molecule has 0 bridgehead atoms. The van der Waals surface area contributed by atoms with Gasteiger partial charge in [0, 0.05) is 13.6 Å². The minimum Gasteiger partial charge on any atom is -0.332 e. The van der Waals surface area contributed by atoms with Gasteiger partial charge in [-0.3, -0.25) is 4.68 Å². The van der Waals surface area contributed by atoms with Crippen molar-refractivity contribution in [3.05, 3.63) is 40.0 Å². The van der Waals surface area contributed by atoms with Crippen LogP contribution < -0.4 is 5.73 Å². The van der Waals surface area contributed by atoms with Crippen molar-refractivity contribution in [1.82, 2.24) is 19.9 Å². The monoisotopic (exact) mass is 323 g/mol. The summed E-state index contributed by atoms with van der Waals surface area (Å²) in [5.41, 5.74) is 7.52. The van der Waals surface area contributed by atoms with Gasteiger partial charge in [-0.25, -0.2) is 0 Å². The van der Waals surface area contributed by atoms with Crippen LogP contribution in [0.3, 0.4) is 0 Å². The summed E-state index contributed by atoms with van der Waals surface area (Å²) in [7, 11) is 1.78. The highest BCUT2D eigenvalue weighted by molar-refractivity contribution is 6.38. The zero-order valence-electron chi connectivity index (χ0n) is 11.0. The molecular weight excluding hydrogens is 313 g/mol. The summed E-state index contributed by atoms with van der Waals surface area (Å²) in [6.07, 6.45) is 0. The Morgan fingerprint density at radius 1 is 1.29 bits per heavy atom. The molecule has 0 radical (unpaired) electrons. The Morgan fingerprint density at radius 3 is 2.62 bits per heavy atom. The van der Waals surface area contributed by atoms with E-state index in [4.69, 9.17) is 33.5 Å². The van der Waals surface area contributed by atoms with Crippen LogP contribution in [-0.4, -0.2) is 19.9 Å². The molecule has 0 atom stereocenters. The third kappa shape index (κ3) is 2.53. The molecule has 2 aromatic heterocycles. The molecule has 108 valence electrons. The van der Waals surface area contributed by atoms with E-state index in [1.165, 1.54) is 0 Å². The number of nitrogens with two attached hydrogens (primary N) is 1. The predicted octanol–water partition coefficient (Wildman–Crippen LogP) is 2.90. The van der Waals surface area contributed by atoms with Crippen LogP contribution in [0.5, 0.6) is 0 Å². The van der Waals surface area contributed by atoms with Crippen molar-refractivity contribution in [3.8, 4) is 23.0 Å². The fraction of sp³-hybridized carbons (Fsp3) is 0.154. The van der Waals surface area contributed by atoms with E-state index in [-0.39, 0.29) is 0 Å². The molecule has 0 aliphatic heterocycles. The minimum absolute atomic E-state index is 0.329. The largest absolute Gasteiger partial charge is 0.332 e. The molecule has 2 heterocycles. The Bertz CT molecular complexity index is 775. The zero-order chi connectivity index (χ0) is 15.0. The first kappa shape index (κ1) is 14.1. The van der Waals surface area contributed by atoms with Gasteiger partial charge < -0.3 is 10.3 Å². The van der Waals surface area contributed by atoms with Gasteiger partial charge in [-0.15, -0.1) is 0 Å². The maximum absolute atomic E-state index is 6.14. The number of rotatable bonds is 3. The number of aromatic nitrogens is 4. The predicted molar refractivity (Wildman–Crippen MR) is 79.8 cm³/mol. The molecule has 0 spiro atoms. The normalized spacial score (nSPS) is 11.0. The quantitative estimate of drug-likeness (QED) is 0.801. The number of halogens is 2. The van der Waals surface area contributed by atoms with Gasteiger partial charge in [0.15, 0.2) is 0 Å². The number of hydrogen-bond donors (Lipinski definition) is 1. The smallest absolute Gasteiger partial charge is 0.276 e. The van der Waals surface area contributed by atoms with E-state index >= 15 is 0 Å². The van der Waals surface area contributed by atoms with Gasteiger partial charge in [0.2, 0.25) is 5.82 Å². The van der Waals surface area contributed by atoms with Gasteiger partial charge in [-0.2, -0.15) is 10.1 Å². The SMILES string of the molecule is Cn1nc(CN)cc1-c1nc(-c2c(Cl)cccc2Cl)no1. The molecule has 0 amide bonds. The molecule has 1 aromatic carbocycles. The molecule has 3 aromatic rings. The second kappa shape index (κ2) is 5.48. The molecule has 0 unspecified atom stereocenters. The van der Waals surface area contributed by atoms with Crippen LogP contribution in [0.4, 0.5) is 0 Å². The van der Waals surface area contributed by atoms with Crippen LogP contribution in [0.15, 0.2) is 28.8 Å². The lowest BCUT2D eigenvalue weighted by Gasteiger charge is -2.00. The molecule has 0 aliphatic carbocycles. The van der Waals surface area contributed by atoms with Crippen molar-refractivity contribution in [3.63, 3.8) is 0 Å². The third-order valence-corrected chi connectivity index (χ3v) is 3.60.